The van der Waals surface area contributed by atoms with E-state index in [4.69, 9.17) is 11.6 Å². The van der Waals surface area contributed by atoms with Crippen molar-refractivity contribution in [2.24, 2.45) is 5.92 Å². The predicted octanol–water partition coefficient (Wildman–Crippen LogP) is 3.44. The van der Waals surface area contributed by atoms with Crippen LogP contribution < -0.4 is 0 Å². The van der Waals surface area contributed by atoms with Crippen molar-refractivity contribution in [2.75, 3.05) is 11.6 Å². The molecule has 0 saturated heterocycles. The van der Waals surface area contributed by atoms with Gasteiger partial charge in [0.2, 0.25) is 0 Å². The number of hydrogen-bond acceptors (Lipinski definition) is 4. The zero-order valence-electron chi connectivity index (χ0n) is 11.0. The largest absolute Gasteiger partial charge is 0.192 e. The standard InChI is InChI=1S/C13H18ClN3S/c1-4-10-11(7-15)13(17-16-12(10)5-2)18-8-9(3)6-14/h9H,4-6,8H2,1-3H3. The summed E-state index contributed by atoms with van der Waals surface area (Å²) in [7, 11) is 0. The van der Waals surface area contributed by atoms with Crippen molar-refractivity contribution in [3.8, 4) is 6.07 Å². The molecular weight excluding hydrogens is 266 g/mol. The fourth-order valence-corrected chi connectivity index (χ4v) is 2.85. The minimum atomic E-state index is 0.404. The smallest absolute Gasteiger partial charge is 0.137 e. The maximum atomic E-state index is 9.32. The summed E-state index contributed by atoms with van der Waals surface area (Å²) < 4.78 is 0. The molecule has 0 radical (unpaired) electrons. The van der Waals surface area contributed by atoms with Gasteiger partial charge < -0.3 is 0 Å². The minimum Gasteiger partial charge on any atom is -0.192 e. The van der Waals surface area contributed by atoms with Crippen molar-refractivity contribution in [3.63, 3.8) is 0 Å². The molecule has 0 fully saturated rings. The Hall–Kier alpha value is -0.790. The lowest BCUT2D eigenvalue weighted by Crippen LogP contribution is -2.06. The first-order valence-corrected chi connectivity index (χ1v) is 7.67. The molecule has 18 heavy (non-hydrogen) atoms. The van der Waals surface area contributed by atoms with Crippen LogP contribution >= 0.6 is 23.4 Å². The van der Waals surface area contributed by atoms with Crippen LogP contribution in [0.5, 0.6) is 0 Å². The monoisotopic (exact) mass is 283 g/mol. The molecule has 0 aliphatic rings. The summed E-state index contributed by atoms with van der Waals surface area (Å²) in [6.07, 6.45) is 1.63. The zero-order chi connectivity index (χ0) is 13.5. The number of nitrogens with zero attached hydrogens (tertiary/aromatic N) is 3. The van der Waals surface area contributed by atoms with E-state index in [9.17, 15) is 5.26 Å². The average molecular weight is 284 g/mol. The predicted molar refractivity (Wildman–Crippen MR) is 76.1 cm³/mol. The molecule has 0 spiro atoms. The molecule has 5 heteroatoms. The molecule has 0 bridgehead atoms. The molecule has 1 unspecified atom stereocenters. The first-order valence-electron chi connectivity index (χ1n) is 6.15. The molecule has 3 nitrogen and oxygen atoms in total. The van der Waals surface area contributed by atoms with E-state index in [1.165, 1.54) is 0 Å². The number of aromatic nitrogens is 2. The van der Waals surface area contributed by atoms with Crippen LogP contribution in [0.25, 0.3) is 0 Å². The molecule has 1 atom stereocenters. The van der Waals surface area contributed by atoms with Gasteiger partial charge >= 0.3 is 0 Å². The van der Waals surface area contributed by atoms with Gasteiger partial charge in [0.1, 0.15) is 11.1 Å². The maximum Gasteiger partial charge on any atom is 0.137 e. The van der Waals surface area contributed by atoms with E-state index in [2.05, 4.69) is 23.2 Å². The van der Waals surface area contributed by atoms with Crippen LogP contribution in [0, 0.1) is 17.2 Å². The molecule has 0 aliphatic heterocycles. The zero-order valence-corrected chi connectivity index (χ0v) is 12.6. The van der Waals surface area contributed by atoms with Crippen LogP contribution in [0.4, 0.5) is 0 Å². The summed E-state index contributed by atoms with van der Waals surface area (Å²) >= 11 is 7.36. The number of hydrogen-bond donors (Lipinski definition) is 0. The van der Waals surface area contributed by atoms with Gasteiger partial charge in [-0.25, -0.2) is 0 Å². The quantitative estimate of drug-likeness (QED) is 0.593. The van der Waals surface area contributed by atoms with E-state index < -0.39 is 0 Å². The van der Waals surface area contributed by atoms with Gasteiger partial charge in [-0.15, -0.1) is 28.5 Å². The molecule has 1 aromatic rings. The van der Waals surface area contributed by atoms with E-state index in [1.807, 2.05) is 13.8 Å². The summed E-state index contributed by atoms with van der Waals surface area (Å²) in [5.74, 6) is 1.89. The van der Waals surface area contributed by atoms with E-state index in [0.29, 0.717) is 17.4 Å². The number of rotatable bonds is 6. The lowest BCUT2D eigenvalue weighted by Gasteiger charge is -2.11. The van der Waals surface area contributed by atoms with Crippen molar-refractivity contribution in [2.45, 2.75) is 38.6 Å². The van der Waals surface area contributed by atoms with Gasteiger partial charge in [-0.2, -0.15) is 10.4 Å². The molecule has 0 aromatic carbocycles. The number of aryl methyl sites for hydroxylation is 1. The molecule has 0 amide bonds. The second-order valence-corrected chi connectivity index (χ2v) is 5.51. The fraction of sp³-hybridized carbons (Fsp3) is 0.615. The average Bonchev–Trinajstić information content (AvgIpc) is 2.43. The van der Waals surface area contributed by atoms with Crippen molar-refractivity contribution in [1.82, 2.24) is 10.2 Å². The first-order chi connectivity index (χ1) is 8.67. The Balaban J connectivity index is 3.02. The Kier molecular flexibility index (Phi) is 6.45. The van der Waals surface area contributed by atoms with Gasteiger partial charge in [-0.3, -0.25) is 0 Å². The third-order valence-electron chi connectivity index (χ3n) is 2.69. The second kappa shape index (κ2) is 7.60. The maximum absolute atomic E-state index is 9.32. The van der Waals surface area contributed by atoms with Crippen LogP contribution in [-0.2, 0) is 12.8 Å². The highest BCUT2D eigenvalue weighted by molar-refractivity contribution is 7.99. The first kappa shape index (κ1) is 15.3. The van der Waals surface area contributed by atoms with Crippen molar-refractivity contribution < 1.29 is 0 Å². The molecule has 98 valence electrons. The SMILES string of the molecule is CCc1nnc(SCC(C)CCl)c(C#N)c1CC. The molecule has 1 aromatic heterocycles. The third-order valence-corrected chi connectivity index (χ3v) is 4.52. The van der Waals surface area contributed by atoms with Gasteiger partial charge in [0.25, 0.3) is 0 Å². The fourth-order valence-electron chi connectivity index (χ4n) is 1.64. The summed E-state index contributed by atoms with van der Waals surface area (Å²) in [6.45, 7) is 6.17. The van der Waals surface area contributed by atoms with Gasteiger partial charge in [0.15, 0.2) is 0 Å². The normalized spacial score (nSPS) is 12.2. The number of nitriles is 1. The Morgan fingerprint density at radius 2 is 2.06 bits per heavy atom. The van der Waals surface area contributed by atoms with E-state index in [1.54, 1.807) is 11.8 Å². The lowest BCUT2D eigenvalue weighted by atomic mass is 10.1. The van der Waals surface area contributed by atoms with E-state index >= 15 is 0 Å². The summed E-state index contributed by atoms with van der Waals surface area (Å²) in [6, 6.07) is 2.28. The highest BCUT2D eigenvalue weighted by atomic mass is 35.5. The van der Waals surface area contributed by atoms with Gasteiger partial charge in [0.05, 0.1) is 11.3 Å². The minimum absolute atomic E-state index is 0.404. The van der Waals surface area contributed by atoms with Gasteiger partial charge in [-0.1, -0.05) is 20.8 Å². The number of alkyl halides is 1. The summed E-state index contributed by atoms with van der Waals surface area (Å²) in [4.78, 5) is 0. The number of halogens is 1. The molecular formula is C13H18ClN3S. The Bertz CT molecular complexity index is 443. The van der Waals surface area contributed by atoms with Crippen LogP contribution in [0.15, 0.2) is 5.03 Å². The highest BCUT2D eigenvalue weighted by Crippen LogP contribution is 2.26. The summed E-state index contributed by atoms with van der Waals surface area (Å²) in [5.41, 5.74) is 2.66. The molecule has 1 heterocycles. The Morgan fingerprint density at radius 1 is 1.33 bits per heavy atom. The lowest BCUT2D eigenvalue weighted by molar-refractivity contribution is 0.754. The second-order valence-electron chi connectivity index (χ2n) is 4.19. The third kappa shape index (κ3) is 3.60. The Labute approximate surface area is 118 Å². The van der Waals surface area contributed by atoms with Gasteiger partial charge in [-0.05, 0) is 24.3 Å². The van der Waals surface area contributed by atoms with Crippen molar-refractivity contribution >= 4 is 23.4 Å². The van der Waals surface area contributed by atoms with Crippen LogP contribution in [0.1, 0.15) is 37.6 Å². The van der Waals surface area contributed by atoms with Crippen LogP contribution in [0.3, 0.4) is 0 Å². The Morgan fingerprint density at radius 3 is 2.56 bits per heavy atom. The molecule has 0 N–H and O–H groups in total. The van der Waals surface area contributed by atoms with Crippen LogP contribution in [-0.4, -0.2) is 21.8 Å². The molecule has 0 saturated carbocycles. The summed E-state index contributed by atoms with van der Waals surface area (Å²) in [5, 5.41) is 18.5. The molecule has 0 aliphatic carbocycles. The van der Waals surface area contributed by atoms with Crippen LogP contribution in [0.2, 0.25) is 0 Å². The van der Waals surface area contributed by atoms with Gasteiger partial charge in [0, 0.05) is 11.6 Å². The topological polar surface area (TPSA) is 49.6 Å². The van der Waals surface area contributed by atoms with E-state index in [0.717, 1.165) is 34.9 Å². The number of thioether (sulfide) groups is 1. The van der Waals surface area contributed by atoms with E-state index in [-0.39, 0.29) is 0 Å². The highest BCUT2D eigenvalue weighted by Gasteiger charge is 2.15. The van der Waals surface area contributed by atoms with Crippen molar-refractivity contribution in [1.29, 1.82) is 5.26 Å². The van der Waals surface area contributed by atoms with Crippen molar-refractivity contribution in [3.05, 3.63) is 16.8 Å². The molecule has 1 rings (SSSR count).